The summed E-state index contributed by atoms with van der Waals surface area (Å²) in [6.07, 6.45) is 8.50. The average Bonchev–Trinajstić information content (AvgIpc) is 2.51. The van der Waals surface area contributed by atoms with E-state index < -0.39 is 5.97 Å². The van der Waals surface area contributed by atoms with Gasteiger partial charge in [-0.05, 0) is 24.8 Å². The highest BCUT2D eigenvalue weighted by Crippen LogP contribution is 2.17. The number of carbonyl (C=O) groups is 2. The van der Waals surface area contributed by atoms with Gasteiger partial charge in [-0.2, -0.15) is 0 Å². The van der Waals surface area contributed by atoms with Crippen LogP contribution in [0.1, 0.15) is 32.1 Å². The van der Waals surface area contributed by atoms with Crippen LogP contribution < -0.4 is 0 Å². The Morgan fingerprint density at radius 3 is 2.86 bits per heavy atom. The predicted molar refractivity (Wildman–Crippen MR) is 53.0 cm³/mol. The van der Waals surface area contributed by atoms with Gasteiger partial charge in [0.25, 0.3) is 0 Å². The molecule has 14 heavy (non-hydrogen) atoms. The Kier molecular flexibility index (Phi) is 4.11. The van der Waals surface area contributed by atoms with Gasteiger partial charge in [-0.1, -0.05) is 18.2 Å². The van der Waals surface area contributed by atoms with Crippen LogP contribution in [0.25, 0.3) is 0 Å². The number of ketones is 1. The van der Waals surface area contributed by atoms with Gasteiger partial charge in [0.05, 0.1) is 0 Å². The normalized spacial score (nSPS) is 16.3. The number of Topliss-reactive ketones (excluding diaryl/α,β-unsaturated/α-hetero) is 1. The first-order valence-electron chi connectivity index (χ1n) is 4.79. The lowest BCUT2D eigenvalue weighted by molar-refractivity contribution is -0.136. The van der Waals surface area contributed by atoms with Gasteiger partial charge in [-0.15, -0.1) is 0 Å². The van der Waals surface area contributed by atoms with Crippen molar-refractivity contribution in [2.75, 3.05) is 0 Å². The largest absolute Gasteiger partial charge is 0.481 e. The van der Waals surface area contributed by atoms with Gasteiger partial charge in [0.15, 0.2) is 5.78 Å². The van der Waals surface area contributed by atoms with Crippen molar-refractivity contribution in [1.82, 2.24) is 0 Å². The summed E-state index contributed by atoms with van der Waals surface area (Å²) < 4.78 is 0. The lowest BCUT2D eigenvalue weighted by Crippen LogP contribution is -1.94. The number of hydrogen-bond donors (Lipinski definition) is 1. The molecule has 0 heterocycles. The Morgan fingerprint density at radius 2 is 2.29 bits per heavy atom. The number of carboxylic acid groups (broad SMARTS) is 1. The maximum Gasteiger partial charge on any atom is 0.303 e. The lowest BCUT2D eigenvalue weighted by Gasteiger charge is -1.93. The molecule has 0 saturated carbocycles. The molecule has 0 spiro atoms. The van der Waals surface area contributed by atoms with E-state index in [-0.39, 0.29) is 12.2 Å². The van der Waals surface area contributed by atoms with Gasteiger partial charge in [0, 0.05) is 12.8 Å². The predicted octanol–water partition coefficient (Wildman–Crippen LogP) is 2.09. The molecule has 0 aromatic heterocycles. The van der Waals surface area contributed by atoms with Crippen LogP contribution >= 0.6 is 0 Å². The number of rotatable bonds is 5. The molecule has 1 aliphatic rings. The van der Waals surface area contributed by atoms with Crippen molar-refractivity contribution in [3.63, 3.8) is 0 Å². The number of carbonyl (C=O) groups excluding carboxylic acids is 1. The van der Waals surface area contributed by atoms with Gasteiger partial charge in [0.1, 0.15) is 0 Å². The van der Waals surface area contributed by atoms with E-state index >= 15 is 0 Å². The minimum atomic E-state index is -0.786. The summed E-state index contributed by atoms with van der Waals surface area (Å²) in [5.74, 6) is -0.557. The van der Waals surface area contributed by atoms with Crippen molar-refractivity contribution >= 4 is 11.8 Å². The summed E-state index contributed by atoms with van der Waals surface area (Å²) in [4.78, 5) is 21.3. The van der Waals surface area contributed by atoms with Crippen LogP contribution in [0.4, 0.5) is 0 Å². The van der Waals surface area contributed by atoms with Gasteiger partial charge < -0.3 is 5.11 Å². The van der Waals surface area contributed by atoms with E-state index in [0.29, 0.717) is 19.3 Å². The topological polar surface area (TPSA) is 54.4 Å². The Labute approximate surface area is 83.1 Å². The third kappa shape index (κ3) is 3.56. The molecule has 0 saturated heterocycles. The average molecular weight is 194 g/mol. The highest BCUT2D eigenvalue weighted by atomic mass is 16.4. The zero-order chi connectivity index (χ0) is 10.4. The van der Waals surface area contributed by atoms with Gasteiger partial charge >= 0.3 is 5.97 Å². The standard InChI is InChI=1S/C11H14O3/c12-10-7-4-6-9(10)5-2-1-3-8-11(13)14/h1-2,6H,3-5,7-8H2,(H,13,14). The molecule has 0 aliphatic heterocycles. The maximum atomic E-state index is 11.1. The van der Waals surface area contributed by atoms with Gasteiger partial charge in [-0.3, -0.25) is 9.59 Å². The Morgan fingerprint density at radius 1 is 1.50 bits per heavy atom. The highest BCUT2D eigenvalue weighted by molar-refractivity contribution is 5.97. The second-order valence-electron chi connectivity index (χ2n) is 3.30. The van der Waals surface area contributed by atoms with Crippen LogP contribution in [0, 0.1) is 0 Å². The third-order valence-electron chi connectivity index (χ3n) is 2.15. The minimum absolute atomic E-state index is 0.156. The van der Waals surface area contributed by atoms with E-state index in [2.05, 4.69) is 0 Å². The Bertz CT molecular complexity index is 287. The summed E-state index contributed by atoms with van der Waals surface area (Å²) in [6.45, 7) is 0. The van der Waals surface area contributed by atoms with Crippen LogP contribution in [0.3, 0.4) is 0 Å². The quantitative estimate of drug-likeness (QED) is 0.682. The summed E-state index contributed by atoms with van der Waals surface area (Å²) in [5.41, 5.74) is 0.872. The van der Waals surface area contributed by atoms with Gasteiger partial charge in [-0.25, -0.2) is 0 Å². The summed E-state index contributed by atoms with van der Waals surface area (Å²) in [7, 11) is 0. The minimum Gasteiger partial charge on any atom is -0.481 e. The first kappa shape index (κ1) is 10.7. The molecule has 0 atom stereocenters. The van der Waals surface area contributed by atoms with E-state index in [1.165, 1.54) is 0 Å². The summed E-state index contributed by atoms with van der Waals surface area (Å²) in [6, 6.07) is 0. The van der Waals surface area contributed by atoms with Crippen LogP contribution in [0.2, 0.25) is 0 Å². The van der Waals surface area contributed by atoms with E-state index in [0.717, 1.165) is 12.0 Å². The summed E-state index contributed by atoms with van der Waals surface area (Å²) in [5, 5.41) is 8.37. The van der Waals surface area contributed by atoms with Crippen LogP contribution in [0.5, 0.6) is 0 Å². The number of hydrogen-bond acceptors (Lipinski definition) is 2. The molecule has 0 aromatic rings. The molecule has 3 heteroatoms. The van der Waals surface area contributed by atoms with Crippen molar-refractivity contribution < 1.29 is 14.7 Å². The Balaban J connectivity index is 2.20. The smallest absolute Gasteiger partial charge is 0.303 e. The number of allylic oxidation sites excluding steroid dienone is 4. The lowest BCUT2D eigenvalue weighted by atomic mass is 10.1. The van der Waals surface area contributed by atoms with E-state index in [1.54, 1.807) is 0 Å². The van der Waals surface area contributed by atoms with E-state index in [4.69, 9.17) is 5.11 Å². The number of carboxylic acids is 1. The zero-order valence-electron chi connectivity index (χ0n) is 8.03. The molecule has 0 radical (unpaired) electrons. The van der Waals surface area contributed by atoms with Crippen molar-refractivity contribution in [3.8, 4) is 0 Å². The molecule has 0 unspecified atom stereocenters. The van der Waals surface area contributed by atoms with Crippen molar-refractivity contribution in [2.24, 2.45) is 0 Å². The maximum absolute atomic E-state index is 11.1. The second-order valence-corrected chi connectivity index (χ2v) is 3.30. The van der Waals surface area contributed by atoms with E-state index in [1.807, 2.05) is 18.2 Å². The molecule has 0 fully saturated rings. The fraction of sp³-hybridized carbons (Fsp3) is 0.455. The molecule has 1 N–H and O–H groups in total. The van der Waals surface area contributed by atoms with Crippen molar-refractivity contribution in [2.45, 2.75) is 32.1 Å². The molecular weight excluding hydrogens is 180 g/mol. The first-order chi connectivity index (χ1) is 6.70. The first-order valence-corrected chi connectivity index (χ1v) is 4.79. The van der Waals surface area contributed by atoms with E-state index in [9.17, 15) is 9.59 Å². The molecule has 0 bridgehead atoms. The highest BCUT2D eigenvalue weighted by Gasteiger charge is 2.12. The molecule has 0 aromatic carbocycles. The van der Waals surface area contributed by atoms with Crippen LogP contribution in [0.15, 0.2) is 23.8 Å². The fourth-order valence-corrected chi connectivity index (χ4v) is 1.38. The van der Waals surface area contributed by atoms with Crippen molar-refractivity contribution in [3.05, 3.63) is 23.8 Å². The molecular formula is C11H14O3. The van der Waals surface area contributed by atoms with Crippen molar-refractivity contribution in [1.29, 1.82) is 0 Å². The second kappa shape index (κ2) is 5.37. The molecule has 1 aliphatic carbocycles. The van der Waals surface area contributed by atoms with Crippen LogP contribution in [-0.2, 0) is 9.59 Å². The fourth-order valence-electron chi connectivity index (χ4n) is 1.38. The number of aliphatic carboxylic acids is 1. The third-order valence-corrected chi connectivity index (χ3v) is 2.15. The molecule has 3 nitrogen and oxygen atoms in total. The Hall–Kier alpha value is -1.38. The molecule has 1 rings (SSSR count). The SMILES string of the molecule is O=C(O)CCC=CCC1=CCCC1=O. The zero-order valence-corrected chi connectivity index (χ0v) is 8.03. The molecule has 0 amide bonds. The molecule has 76 valence electrons. The monoisotopic (exact) mass is 194 g/mol. The van der Waals surface area contributed by atoms with Gasteiger partial charge in [0.2, 0.25) is 0 Å². The van der Waals surface area contributed by atoms with Crippen LogP contribution in [-0.4, -0.2) is 16.9 Å². The summed E-state index contributed by atoms with van der Waals surface area (Å²) >= 11 is 0.